The van der Waals surface area contributed by atoms with Crippen molar-refractivity contribution in [1.82, 2.24) is 10.2 Å². The molecule has 0 fully saturated rings. The molecular weight excluding hydrogens is 290 g/mol. The number of hydrogen-bond acceptors (Lipinski definition) is 6. The SMILES string of the molecule is NCCCN(C=O)C(=O)C(=O)NCc1ccc2c(c1)OCO2. The van der Waals surface area contributed by atoms with Crippen molar-refractivity contribution in [3.63, 3.8) is 0 Å². The number of fused-ring (bicyclic) bond motifs is 1. The van der Waals surface area contributed by atoms with Gasteiger partial charge < -0.3 is 20.5 Å². The number of nitrogens with one attached hydrogen (secondary N) is 1. The molecule has 0 saturated carbocycles. The maximum Gasteiger partial charge on any atom is 0.318 e. The molecule has 0 radical (unpaired) electrons. The first-order valence-electron chi connectivity index (χ1n) is 6.78. The number of amides is 3. The minimum atomic E-state index is -0.899. The minimum absolute atomic E-state index is 0.121. The molecule has 118 valence electrons. The summed E-state index contributed by atoms with van der Waals surface area (Å²) in [7, 11) is 0. The van der Waals surface area contributed by atoms with Crippen molar-refractivity contribution in [1.29, 1.82) is 0 Å². The van der Waals surface area contributed by atoms with Crippen molar-refractivity contribution in [2.45, 2.75) is 13.0 Å². The van der Waals surface area contributed by atoms with E-state index in [9.17, 15) is 14.4 Å². The van der Waals surface area contributed by atoms with Crippen LogP contribution >= 0.6 is 0 Å². The molecule has 3 N–H and O–H groups in total. The molecule has 1 heterocycles. The molecule has 0 aliphatic carbocycles. The Morgan fingerprint density at radius 1 is 1.32 bits per heavy atom. The fourth-order valence-electron chi connectivity index (χ4n) is 1.90. The van der Waals surface area contributed by atoms with Crippen LogP contribution < -0.4 is 20.5 Å². The second-order valence-corrected chi connectivity index (χ2v) is 4.62. The monoisotopic (exact) mass is 307 g/mol. The Kier molecular flexibility index (Phi) is 5.31. The highest BCUT2D eigenvalue weighted by atomic mass is 16.7. The van der Waals surface area contributed by atoms with Crippen LogP contribution in [0.5, 0.6) is 11.5 Å². The maximum atomic E-state index is 11.8. The lowest BCUT2D eigenvalue weighted by atomic mass is 10.2. The second-order valence-electron chi connectivity index (χ2n) is 4.62. The third-order valence-corrected chi connectivity index (χ3v) is 3.08. The van der Waals surface area contributed by atoms with E-state index in [2.05, 4.69) is 5.32 Å². The van der Waals surface area contributed by atoms with Crippen LogP contribution in [0.2, 0.25) is 0 Å². The number of rotatable bonds is 6. The van der Waals surface area contributed by atoms with Gasteiger partial charge in [-0.15, -0.1) is 0 Å². The quantitative estimate of drug-likeness (QED) is 0.534. The number of ether oxygens (including phenoxy) is 2. The van der Waals surface area contributed by atoms with Crippen LogP contribution in [0.3, 0.4) is 0 Å². The van der Waals surface area contributed by atoms with E-state index in [1.54, 1.807) is 18.2 Å². The van der Waals surface area contributed by atoms with E-state index in [0.717, 1.165) is 10.5 Å². The van der Waals surface area contributed by atoms with Crippen molar-refractivity contribution in [3.05, 3.63) is 23.8 Å². The average Bonchev–Trinajstić information content (AvgIpc) is 3.00. The molecule has 22 heavy (non-hydrogen) atoms. The summed E-state index contributed by atoms with van der Waals surface area (Å²) in [5.41, 5.74) is 6.07. The summed E-state index contributed by atoms with van der Waals surface area (Å²) in [6.07, 6.45) is 0.776. The van der Waals surface area contributed by atoms with Crippen LogP contribution in [-0.4, -0.2) is 43.0 Å². The molecule has 0 atom stereocenters. The summed E-state index contributed by atoms with van der Waals surface area (Å²) < 4.78 is 10.4. The van der Waals surface area contributed by atoms with Gasteiger partial charge in [-0.25, -0.2) is 0 Å². The molecule has 0 spiro atoms. The summed E-state index contributed by atoms with van der Waals surface area (Å²) >= 11 is 0. The van der Waals surface area contributed by atoms with Gasteiger partial charge in [0.05, 0.1) is 0 Å². The van der Waals surface area contributed by atoms with Gasteiger partial charge in [-0.2, -0.15) is 0 Å². The Morgan fingerprint density at radius 2 is 2.09 bits per heavy atom. The Labute approximate surface area is 127 Å². The van der Waals surface area contributed by atoms with E-state index in [0.29, 0.717) is 30.9 Å². The summed E-state index contributed by atoms with van der Waals surface area (Å²) in [4.78, 5) is 35.2. The standard InChI is InChI=1S/C14H17N3O5/c15-4-1-5-17(8-18)14(20)13(19)16-7-10-2-3-11-12(6-10)22-9-21-11/h2-3,6,8H,1,4-5,7,9,15H2,(H,16,19). The molecule has 1 aromatic carbocycles. The van der Waals surface area contributed by atoms with E-state index in [1.165, 1.54) is 0 Å². The molecule has 0 aromatic heterocycles. The van der Waals surface area contributed by atoms with Gasteiger partial charge in [-0.1, -0.05) is 6.07 Å². The maximum absolute atomic E-state index is 11.8. The van der Waals surface area contributed by atoms with Crippen LogP contribution in [-0.2, 0) is 20.9 Å². The van der Waals surface area contributed by atoms with Crippen LogP contribution in [0.15, 0.2) is 18.2 Å². The molecule has 0 bridgehead atoms. The fourth-order valence-corrected chi connectivity index (χ4v) is 1.90. The van der Waals surface area contributed by atoms with Gasteiger partial charge in [0.2, 0.25) is 13.2 Å². The first kappa shape index (κ1) is 15.8. The molecule has 0 saturated heterocycles. The molecule has 1 aliphatic heterocycles. The number of nitrogens with two attached hydrogens (primary N) is 1. The minimum Gasteiger partial charge on any atom is -0.454 e. The van der Waals surface area contributed by atoms with Gasteiger partial charge in [-0.05, 0) is 30.7 Å². The van der Waals surface area contributed by atoms with Gasteiger partial charge in [0.25, 0.3) is 0 Å². The van der Waals surface area contributed by atoms with Crippen LogP contribution in [0, 0.1) is 0 Å². The number of hydrogen-bond donors (Lipinski definition) is 2. The van der Waals surface area contributed by atoms with Crippen molar-refractivity contribution in [2.24, 2.45) is 5.73 Å². The van der Waals surface area contributed by atoms with Gasteiger partial charge in [0, 0.05) is 13.1 Å². The lowest BCUT2D eigenvalue weighted by molar-refractivity contribution is -0.148. The van der Waals surface area contributed by atoms with Gasteiger partial charge >= 0.3 is 11.8 Å². The molecule has 3 amide bonds. The zero-order chi connectivity index (χ0) is 15.9. The molecule has 1 aliphatic rings. The van der Waals surface area contributed by atoms with Crippen molar-refractivity contribution >= 4 is 18.2 Å². The van der Waals surface area contributed by atoms with Crippen LogP contribution in [0.25, 0.3) is 0 Å². The van der Waals surface area contributed by atoms with Crippen LogP contribution in [0.1, 0.15) is 12.0 Å². The first-order chi connectivity index (χ1) is 10.7. The lowest BCUT2D eigenvalue weighted by Crippen LogP contribution is -2.42. The Hall–Kier alpha value is -2.61. The molecule has 0 unspecified atom stereocenters. The Morgan fingerprint density at radius 3 is 2.82 bits per heavy atom. The zero-order valence-corrected chi connectivity index (χ0v) is 11.9. The van der Waals surface area contributed by atoms with Crippen molar-refractivity contribution in [2.75, 3.05) is 19.9 Å². The number of carbonyl (C=O) groups is 3. The topological polar surface area (TPSA) is 111 Å². The smallest absolute Gasteiger partial charge is 0.318 e. The molecule has 1 aromatic rings. The molecular formula is C14H17N3O5. The highest BCUT2D eigenvalue weighted by Gasteiger charge is 2.21. The third-order valence-electron chi connectivity index (χ3n) is 3.08. The lowest BCUT2D eigenvalue weighted by Gasteiger charge is -2.14. The van der Waals surface area contributed by atoms with Gasteiger partial charge in [0.15, 0.2) is 11.5 Å². The highest BCUT2D eigenvalue weighted by Crippen LogP contribution is 2.32. The molecule has 8 heteroatoms. The summed E-state index contributed by atoms with van der Waals surface area (Å²) in [6.45, 7) is 0.760. The van der Waals surface area contributed by atoms with Gasteiger partial charge in [0.1, 0.15) is 0 Å². The van der Waals surface area contributed by atoms with E-state index in [1.807, 2.05) is 0 Å². The Balaban J connectivity index is 1.89. The number of nitrogens with zero attached hydrogens (tertiary/aromatic N) is 1. The van der Waals surface area contributed by atoms with E-state index < -0.39 is 11.8 Å². The fraction of sp³-hybridized carbons (Fsp3) is 0.357. The largest absolute Gasteiger partial charge is 0.454 e. The summed E-state index contributed by atoms with van der Waals surface area (Å²) in [5.74, 6) is -0.512. The molecule has 2 rings (SSSR count). The van der Waals surface area contributed by atoms with Gasteiger partial charge in [-0.3, -0.25) is 19.3 Å². The van der Waals surface area contributed by atoms with E-state index >= 15 is 0 Å². The first-order valence-corrected chi connectivity index (χ1v) is 6.78. The number of benzene rings is 1. The average molecular weight is 307 g/mol. The van der Waals surface area contributed by atoms with E-state index in [4.69, 9.17) is 15.2 Å². The predicted octanol–water partition coefficient (Wildman–Crippen LogP) is -0.635. The Bertz CT molecular complexity index is 576. The zero-order valence-electron chi connectivity index (χ0n) is 11.9. The third kappa shape index (κ3) is 3.73. The van der Waals surface area contributed by atoms with E-state index in [-0.39, 0.29) is 19.9 Å². The van der Waals surface area contributed by atoms with Crippen molar-refractivity contribution < 1.29 is 23.9 Å². The highest BCUT2D eigenvalue weighted by molar-refractivity contribution is 6.36. The summed E-state index contributed by atoms with van der Waals surface area (Å²) in [5, 5.41) is 2.46. The predicted molar refractivity (Wildman–Crippen MR) is 75.9 cm³/mol. The number of carbonyl (C=O) groups excluding carboxylic acids is 3. The van der Waals surface area contributed by atoms with Crippen molar-refractivity contribution in [3.8, 4) is 11.5 Å². The van der Waals surface area contributed by atoms with Crippen LogP contribution in [0.4, 0.5) is 0 Å². The molecule has 8 nitrogen and oxygen atoms in total. The normalized spacial score (nSPS) is 11.9. The number of imide groups is 1. The summed E-state index contributed by atoms with van der Waals surface area (Å²) in [6, 6.07) is 5.20. The second kappa shape index (κ2) is 7.41.